The van der Waals surface area contributed by atoms with Crippen molar-refractivity contribution in [2.24, 2.45) is 0 Å². The molecule has 2 N–H and O–H groups in total. The van der Waals surface area contributed by atoms with Crippen molar-refractivity contribution in [2.75, 3.05) is 12.4 Å². The van der Waals surface area contributed by atoms with E-state index in [-0.39, 0.29) is 11.9 Å². The number of carbonyl (C=O) groups excluding carboxylic acids is 1. The minimum Gasteiger partial charge on any atom is -0.324 e. The number of hydrogen-bond donors (Lipinski definition) is 2. The molecule has 0 aliphatic rings. The van der Waals surface area contributed by atoms with Crippen LogP contribution in [-0.4, -0.2) is 19.0 Å². The van der Waals surface area contributed by atoms with Gasteiger partial charge in [0.2, 0.25) is 5.91 Å². The first-order valence-electron chi connectivity index (χ1n) is 11.5. The van der Waals surface area contributed by atoms with E-state index in [0.717, 1.165) is 29.7 Å². The quantitative estimate of drug-likeness (QED) is 0.409. The fourth-order valence-corrected chi connectivity index (χ4v) is 3.14. The van der Waals surface area contributed by atoms with Crippen LogP contribution >= 0.6 is 0 Å². The monoisotopic (exact) mass is 392 g/mol. The van der Waals surface area contributed by atoms with Crippen molar-refractivity contribution in [2.45, 2.75) is 113 Å². The van der Waals surface area contributed by atoms with E-state index in [1.807, 2.05) is 34.7 Å². The van der Waals surface area contributed by atoms with Gasteiger partial charge in [0, 0.05) is 5.69 Å². The lowest BCUT2D eigenvalue weighted by atomic mass is 10.0. The number of amides is 1. The first kappa shape index (κ1) is 28.9. The molecule has 1 amide bonds. The zero-order valence-corrected chi connectivity index (χ0v) is 20.3. The lowest BCUT2D eigenvalue weighted by molar-refractivity contribution is -0.118. The third-order valence-electron chi connectivity index (χ3n) is 4.62. The zero-order chi connectivity index (χ0) is 21.9. The molecule has 1 atom stereocenters. The molecule has 1 aromatic carbocycles. The lowest BCUT2D eigenvalue weighted by Gasteiger charge is -2.18. The second-order valence-corrected chi connectivity index (χ2v) is 7.31. The third-order valence-corrected chi connectivity index (χ3v) is 4.62. The van der Waals surface area contributed by atoms with Gasteiger partial charge in [-0.25, -0.2) is 0 Å². The Kier molecular flexibility index (Phi) is 19.6. The van der Waals surface area contributed by atoms with E-state index in [0.29, 0.717) is 0 Å². The minimum atomic E-state index is -0.116. The van der Waals surface area contributed by atoms with Crippen molar-refractivity contribution in [1.29, 1.82) is 0 Å². The van der Waals surface area contributed by atoms with Crippen LogP contribution in [0.5, 0.6) is 0 Å². The molecule has 0 heterocycles. The molecule has 0 saturated heterocycles. The van der Waals surface area contributed by atoms with Gasteiger partial charge >= 0.3 is 0 Å². The molecule has 0 fully saturated rings. The van der Waals surface area contributed by atoms with Crippen molar-refractivity contribution in [3.8, 4) is 0 Å². The Labute approximate surface area is 176 Å². The maximum Gasteiger partial charge on any atom is 0.241 e. The predicted molar refractivity (Wildman–Crippen MR) is 127 cm³/mol. The maximum absolute atomic E-state index is 12.1. The Balaban J connectivity index is 0. The summed E-state index contributed by atoms with van der Waals surface area (Å²) in [4.78, 5) is 12.1. The molecule has 3 nitrogen and oxygen atoms in total. The number of rotatable bonds is 10. The topological polar surface area (TPSA) is 41.1 Å². The number of nitrogens with one attached hydrogen (secondary N) is 2. The molecule has 0 bridgehead atoms. The molecule has 1 rings (SSSR count). The second-order valence-electron chi connectivity index (χ2n) is 7.31. The van der Waals surface area contributed by atoms with Gasteiger partial charge < -0.3 is 10.6 Å². The number of unbranched alkanes of at least 4 members (excludes halogenated alkanes) is 5. The highest BCUT2D eigenvalue weighted by molar-refractivity contribution is 5.96. The van der Waals surface area contributed by atoms with E-state index >= 15 is 0 Å². The van der Waals surface area contributed by atoms with Crippen LogP contribution in [-0.2, 0) is 4.79 Å². The summed E-state index contributed by atoms with van der Waals surface area (Å²) in [7, 11) is 1.83. The van der Waals surface area contributed by atoms with E-state index in [1.54, 1.807) is 0 Å². The van der Waals surface area contributed by atoms with Gasteiger partial charge in [-0.1, -0.05) is 97.3 Å². The largest absolute Gasteiger partial charge is 0.324 e. The molecular formula is C25H48N2O. The van der Waals surface area contributed by atoms with E-state index < -0.39 is 0 Å². The number of aryl methyl sites for hydroxylation is 3. The first-order chi connectivity index (χ1) is 13.4. The average molecular weight is 393 g/mol. The van der Waals surface area contributed by atoms with E-state index in [9.17, 15) is 4.79 Å². The summed E-state index contributed by atoms with van der Waals surface area (Å²) in [5, 5.41) is 6.10. The fourth-order valence-electron chi connectivity index (χ4n) is 3.14. The fraction of sp³-hybridized carbons (Fsp3) is 0.720. The SMILES string of the molecule is CC.CCCC(NC)C(=O)Nc1c(C)cc(C)cc1C.CCCCCCCC. The van der Waals surface area contributed by atoms with Gasteiger partial charge in [-0.2, -0.15) is 0 Å². The Hall–Kier alpha value is -1.35. The molecule has 0 radical (unpaired) electrons. The van der Waals surface area contributed by atoms with Crippen LogP contribution in [0.15, 0.2) is 12.1 Å². The molecular weight excluding hydrogens is 344 g/mol. The second kappa shape index (κ2) is 19.0. The van der Waals surface area contributed by atoms with Crippen LogP contribution in [0.25, 0.3) is 0 Å². The van der Waals surface area contributed by atoms with Crippen molar-refractivity contribution >= 4 is 11.6 Å². The molecule has 1 unspecified atom stereocenters. The summed E-state index contributed by atoms with van der Waals surface area (Å²) in [5.41, 5.74) is 4.41. The first-order valence-corrected chi connectivity index (χ1v) is 11.5. The summed E-state index contributed by atoms with van der Waals surface area (Å²) in [6, 6.07) is 4.07. The van der Waals surface area contributed by atoms with Gasteiger partial charge in [-0.05, 0) is 45.4 Å². The molecule has 3 heteroatoms. The Morgan fingerprint density at radius 3 is 1.68 bits per heavy atom. The van der Waals surface area contributed by atoms with Gasteiger partial charge in [0.25, 0.3) is 0 Å². The number of anilines is 1. The van der Waals surface area contributed by atoms with Crippen molar-refractivity contribution in [3.05, 3.63) is 28.8 Å². The molecule has 0 aliphatic carbocycles. The highest BCUT2D eigenvalue weighted by Crippen LogP contribution is 2.22. The summed E-state index contributed by atoms with van der Waals surface area (Å²) in [6.45, 7) is 16.7. The maximum atomic E-state index is 12.1. The highest BCUT2D eigenvalue weighted by atomic mass is 16.2. The molecule has 164 valence electrons. The highest BCUT2D eigenvalue weighted by Gasteiger charge is 2.16. The number of likely N-dealkylation sites (N-methyl/N-ethyl adjacent to an activating group) is 1. The molecule has 0 spiro atoms. The Morgan fingerprint density at radius 2 is 1.32 bits per heavy atom. The van der Waals surface area contributed by atoms with Crippen molar-refractivity contribution in [3.63, 3.8) is 0 Å². The number of benzene rings is 1. The van der Waals surface area contributed by atoms with Crippen molar-refractivity contribution < 1.29 is 4.79 Å². The Bertz CT molecular complexity index is 482. The molecule has 1 aromatic rings. The van der Waals surface area contributed by atoms with Gasteiger partial charge in [-0.3, -0.25) is 4.79 Å². The smallest absolute Gasteiger partial charge is 0.241 e. The summed E-state index contributed by atoms with van der Waals surface area (Å²) in [6.07, 6.45) is 10.3. The molecule has 0 aromatic heterocycles. The molecule has 0 saturated carbocycles. The van der Waals surface area contributed by atoms with Crippen LogP contribution < -0.4 is 10.6 Å². The third kappa shape index (κ3) is 12.9. The van der Waals surface area contributed by atoms with Crippen LogP contribution in [0.4, 0.5) is 5.69 Å². The Morgan fingerprint density at radius 1 is 0.857 bits per heavy atom. The van der Waals surface area contributed by atoms with E-state index in [4.69, 9.17) is 0 Å². The normalized spacial score (nSPS) is 10.9. The van der Waals surface area contributed by atoms with Crippen LogP contribution in [0.1, 0.15) is 103 Å². The standard InChI is InChI=1S/C15H24N2O.C8H18.C2H6/c1-6-7-13(16-5)15(18)17-14-11(3)8-10(2)9-12(14)4;1-3-5-7-8-6-4-2;1-2/h8-9,13,16H,6-7H2,1-5H3,(H,17,18);3-8H2,1-2H3;1-2H3. The summed E-state index contributed by atoms with van der Waals surface area (Å²) >= 11 is 0. The molecule has 28 heavy (non-hydrogen) atoms. The summed E-state index contributed by atoms with van der Waals surface area (Å²) in [5.74, 6) is 0.0504. The summed E-state index contributed by atoms with van der Waals surface area (Å²) < 4.78 is 0. The van der Waals surface area contributed by atoms with Crippen LogP contribution in [0, 0.1) is 20.8 Å². The van der Waals surface area contributed by atoms with Crippen LogP contribution in [0.2, 0.25) is 0 Å². The molecule has 0 aliphatic heterocycles. The number of hydrogen-bond acceptors (Lipinski definition) is 2. The van der Waals surface area contributed by atoms with Gasteiger partial charge in [-0.15, -0.1) is 0 Å². The predicted octanol–water partition coefficient (Wildman–Crippen LogP) is 7.33. The van der Waals surface area contributed by atoms with E-state index in [2.05, 4.69) is 50.5 Å². The van der Waals surface area contributed by atoms with Crippen LogP contribution in [0.3, 0.4) is 0 Å². The van der Waals surface area contributed by atoms with E-state index in [1.165, 1.54) is 44.1 Å². The minimum absolute atomic E-state index is 0.0504. The van der Waals surface area contributed by atoms with Crippen molar-refractivity contribution in [1.82, 2.24) is 5.32 Å². The lowest BCUT2D eigenvalue weighted by Crippen LogP contribution is -2.38. The van der Waals surface area contributed by atoms with Gasteiger partial charge in [0.05, 0.1) is 6.04 Å². The number of carbonyl (C=O) groups is 1. The zero-order valence-electron chi connectivity index (χ0n) is 20.3. The van der Waals surface area contributed by atoms with Gasteiger partial charge in [0.1, 0.15) is 0 Å². The van der Waals surface area contributed by atoms with Gasteiger partial charge in [0.15, 0.2) is 0 Å². The average Bonchev–Trinajstić information content (AvgIpc) is 2.68.